The molecule has 1 N–H and O–H groups in total. The number of halogens is 1. The highest BCUT2D eigenvalue weighted by atomic mass is 35.5. The Morgan fingerprint density at radius 3 is 2.41 bits per heavy atom. The Hall–Kier alpha value is -3.32. The van der Waals surface area contributed by atoms with Crippen LogP contribution in [-0.4, -0.2) is 60.9 Å². The number of carbonyl (C=O) groups is 2. The van der Waals surface area contributed by atoms with Gasteiger partial charge in [0.2, 0.25) is 0 Å². The van der Waals surface area contributed by atoms with Gasteiger partial charge in [0.25, 0.3) is 15.9 Å². The molecule has 210 valence electrons. The van der Waals surface area contributed by atoms with Gasteiger partial charge in [0.1, 0.15) is 16.4 Å². The van der Waals surface area contributed by atoms with E-state index in [-0.39, 0.29) is 38.6 Å². The number of rotatable bonds is 13. The van der Waals surface area contributed by atoms with E-state index in [1.54, 1.807) is 37.3 Å². The van der Waals surface area contributed by atoms with Gasteiger partial charge in [-0.3, -0.25) is 9.10 Å². The summed E-state index contributed by atoms with van der Waals surface area (Å²) >= 11 is 6.99. The number of ether oxygens (including phenoxy) is 4. The van der Waals surface area contributed by atoms with Crippen molar-refractivity contribution in [3.63, 3.8) is 0 Å². The summed E-state index contributed by atoms with van der Waals surface area (Å²) in [6.45, 7) is 4.73. The van der Waals surface area contributed by atoms with Gasteiger partial charge < -0.3 is 24.3 Å². The topological polar surface area (TPSA) is 120 Å². The molecule has 0 radical (unpaired) electrons. The lowest BCUT2D eigenvalue weighted by Crippen LogP contribution is -2.28. The quantitative estimate of drug-likeness (QED) is 0.214. The van der Waals surface area contributed by atoms with Crippen molar-refractivity contribution in [2.24, 2.45) is 0 Å². The molecule has 13 heteroatoms. The van der Waals surface area contributed by atoms with E-state index in [0.717, 1.165) is 15.6 Å². The van der Waals surface area contributed by atoms with E-state index >= 15 is 0 Å². The second-order valence-electron chi connectivity index (χ2n) is 7.88. The minimum Gasteiger partial charge on any atom is -0.490 e. The Bertz CT molecular complexity index is 1430. The SMILES string of the molecule is CCOc1ccc(N(C)S(=O)(=O)c2cc(Cl)sc2C(=O)Nc2cccc(C(=O)OCCOC)c2)cc1OCC. The molecule has 3 rings (SSSR count). The van der Waals surface area contributed by atoms with Crippen molar-refractivity contribution in [2.45, 2.75) is 18.7 Å². The van der Waals surface area contributed by atoms with E-state index in [4.69, 9.17) is 30.5 Å². The number of sulfonamides is 1. The van der Waals surface area contributed by atoms with Crippen LogP contribution in [0.25, 0.3) is 0 Å². The number of nitrogens with one attached hydrogen (secondary N) is 1. The summed E-state index contributed by atoms with van der Waals surface area (Å²) in [6, 6.07) is 12.1. The van der Waals surface area contributed by atoms with Crippen molar-refractivity contribution in [3.05, 3.63) is 63.3 Å². The van der Waals surface area contributed by atoms with Crippen LogP contribution in [0.5, 0.6) is 11.5 Å². The summed E-state index contributed by atoms with van der Waals surface area (Å²) in [6.07, 6.45) is 0. The molecule has 0 saturated carbocycles. The monoisotopic (exact) mass is 596 g/mol. The first-order valence-corrected chi connectivity index (χ1v) is 14.5. The van der Waals surface area contributed by atoms with Gasteiger partial charge in [-0.15, -0.1) is 11.3 Å². The zero-order chi connectivity index (χ0) is 28.6. The number of nitrogens with zero attached hydrogens (tertiary/aromatic N) is 1. The highest BCUT2D eigenvalue weighted by Crippen LogP contribution is 2.37. The zero-order valence-electron chi connectivity index (χ0n) is 21.9. The normalized spacial score (nSPS) is 11.1. The smallest absolute Gasteiger partial charge is 0.338 e. The second-order valence-corrected chi connectivity index (χ2v) is 11.5. The van der Waals surface area contributed by atoms with Gasteiger partial charge in [0.15, 0.2) is 11.5 Å². The first-order chi connectivity index (χ1) is 18.6. The lowest BCUT2D eigenvalue weighted by molar-refractivity contribution is 0.0388. The fourth-order valence-electron chi connectivity index (χ4n) is 3.43. The molecule has 0 aliphatic carbocycles. The number of esters is 1. The molecule has 2 aromatic carbocycles. The molecule has 0 bridgehead atoms. The maximum absolute atomic E-state index is 13.6. The van der Waals surface area contributed by atoms with Crippen LogP contribution in [0.1, 0.15) is 33.9 Å². The molecule has 0 saturated heterocycles. The van der Waals surface area contributed by atoms with E-state index in [9.17, 15) is 18.0 Å². The third-order valence-electron chi connectivity index (χ3n) is 5.28. The number of hydrogen-bond acceptors (Lipinski definition) is 9. The van der Waals surface area contributed by atoms with Crippen LogP contribution in [-0.2, 0) is 19.5 Å². The summed E-state index contributed by atoms with van der Waals surface area (Å²) < 4.78 is 49.5. The third kappa shape index (κ3) is 7.41. The van der Waals surface area contributed by atoms with Gasteiger partial charge in [-0.2, -0.15) is 0 Å². The van der Waals surface area contributed by atoms with Gasteiger partial charge in [0, 0.05) is 25.9 Å². The molecule has 0 spiro atoms. The van der Waals surface area contributed by atoms with Gasteiger partial charge in [0.05, 0.1) is 35.4 Å². The Kier molecular flexibility index (Phi) is 10.6. The number of anilines is 2. The van der Waals surface area contributed by atoms with Crippen LogP contribution < -0.4 is 19.1 Å². The maximum Gasteiger partial charge on any atom is 0.338 e. The van der Waals surface area contributed by atoms with Crippen LogP contribution in [0.2, 0.25) is 4.34 Å². The molecule has 1 amide bonds. The first-order valence-electron chi connectivity index (χ1n) is 11.9. The molecular weight excluding hydrogens is 568 g/mol. The largest absolute Gasteiger partial charge is 0.490 e. The molecule has 39 heavy (non-hydrogen) atoms. The third-order valence-corrected chi connectivity index (χ3v) is 8.48. The summed E-state index contributed by atoms with van der Waals surface area (Å²) in [5.74, 6) is -0.419. The summed E-state index contributed by atoms with van der Waals surface area (Å²) in [5.41, 5.74) is 0.784. The fourth-order valence-corrected chi connectivity index (χ4v) is 6.31. The van der Waals surface area contributed by atoms with Gasteiger partial charge in [-0.1, -0.05) is 17.7 Å². The van der Waals surface area contributed by atoms with Crippen molar-refractivity contribution >= 4 is 56.2 Å². The van der Waals surface area contributed by atoms with E-state index in [1.807, 2.05) is 6.92 Å². The van der Waals surface area contributed by atoms with Crippen molar-refractivity contribution in [2.75, 3.05) is 50.2 Å². The number of carbonyl (C=O) groups excluding carboxylic acids is 2. The van der Waals surface area contributed by atoms with Crippen LogP contribution in [0.3, 0.4) is 0 Å². The maximum atomic E-state index is 13.6. The molecule has 0 aliphatic rings. The second kappa shape index (κ2) is 13.7. The summed E-state index contributed by atoms with van der Waals surface area (Å²) in [7, 11) is -1.36. The van der Waals surface area contributed by atoms with Crippen molar-refractivity contribution < 1.29 is 37.0 Å². The number of thiophene rings is 1. The fraction of sp³-hybridized carbons (Fsp3) is 0.308. The van der Waals surface area contributed by atoms with Crippen LogP contribution in [0.15, 0.2) is 53.4 Å². The summed E-state index contributed by atoms with van der Waals surface area (Å²) in [4.78, 5) is 25.1. The highest BCUT2D eigenvalue weighted by molar-refractivity contribution is 7.93. The summed E-state index contributed by atoms with van der Waals surface area (Å²) in [5, 5.41) is 2.63. The molecule has 0 unspecified atom stereocenters. The highest BCUT2D eigenvalue weighted by Gasteiger charge is 2.30. The Balaban J connectivity index is 1.87. The van der Waals surface area contributed by atoms with Gasteiger partial charge in [-0.25, -0.2) is 13.2 Å². The minimum absolute atomic E-state index is 0.0781. The number of amides is 1. The van der Waals surface area contributed by atoms with E-state index in [2.05, 4.69) is 5.32 Å². The lowest BCUT2D eigenvalue weighted by Gasteiger charge is -2.21. The van der Waals surface area contributed by atoms with E-state index < -0.39 is 21.9 Å². The van der Waals surface area contributed by atoms with Crippen LogP contribution in [0, 0.1) is 0 Å². The van der Waals surface area contributed by atoms with E-state index in [0.29, 0.717) is 30.4 Å². The molecule has 1 heterocycles. The Labute approximate surface area is 236 Å². The predicted molar refractivity (Wildman–Crippen MR) is 150 cm³/mol. The van der Waals surface area contributed by atoms with Crippen LogP contribution in [0.4, 0.5) is 11.4 Å². The molecule has 3 aromatic rings. The van der Waals surface area contributed by atoms with Gasteiger partial charge >= 0.3 is 5.97 Å². The predicted octanol–water partition coefficient (Wildman–Crippen LogP) is 5.08. The zero-order valence-corrected chi connectivity index (χ0v) is 24.2. The number of benzene rings is 2. The Morgan fingerprint density at radius 1 is 1.00 bits per heavy atom. The average molecular weight is 597 g/mol. The first kappa shape index (κ1) is 30.2. The van der Waals surface area contributed by atoms with Crippen LogP contribution >= 0.6 is 22.9 Å². The minimum atomic E-state index is -4.21. The van der Waals surface area contributed by atoms with Gasteiger partial charge in [-0.05, 0) is 50.2 Å². The average Bonchev–Trinajstić information content (AvgIpc) is 3.32. The van der Waals surface area contributed by atoms with Crippen molar-refractivity contribution in [1.82, 2.24) is 0 Å². The molecule has 1 aromatic heterocycles. The molecule has 0 fully saturated rings. The Morgan fingerprint density at radius 2 is 1.72 bits per heavy atom. The molecule has 0 aliphatic heterocycles. The lowest BCUT2D eigenvalue weighted by atomic mass is 10.2. The molecular formula is C26H29ClN2O8S2. The number of methoxy groups -OCH3 is 1. The standard InChI is InChI=1S/C26H29ClN2O8S2/c1-5-35-20-11-10-19(15-21(20)36-6-2)29(3)39(32,33)22-16-23(27)38-24(22)25(30)28-18-9-7-8-17(14-18)26(31)37-13-12-34-4/h7-11,14-16H,5-6,12-13H2,1-4H3,(H,28,30). The number of hydrogen-bond donors (Lipinski definition) is 1. The van der Waals surface area contributed by atoms with Crippen molar-refractivity contribution in [1.29, 1.82) is 0 Å². The van der Waals surface area contributed by atoms with E-state index in [1.165, 1.54) is 32.4 Å². The molecule has 10 nitrogen and oxygen atoms in total. The van der Waals surface area contributed by atoms with Crippen molar-refractivity contribution in [3.8, 4) is 11.5 Å². The molecule has 0 atom stereocenters.